The zero-order chi connectivity index (χ0) is 17.6. The predicted molar refractivity (Wildman–Crippen MR) is 102 cm³/mol. The van der Waals surface area contributed by atoms with Gasteiger partial charge in [-0.15, -0.1) is 0 Å². The van der Waals surface area contributed by atoms with Gasteiger partial charge in [-0.05, 0) is 39.5 Å². The maximum absolute atomic E-state index is 12.3. The molecule has 1 N–H and O–H groups in total. The maximum atomic E-state index is 12.3. The lowest BCUT2D eigenvalue weighted by Gasteiger charge is -2.35. The second-order valence-electron chi connectivity index (χ2n) is 5.72. The zero-order valence-electron chi connectivity index (χ0n) is 13.7. The Morgan fingerprint density at radius 2 is 2.00 bits per heavy atom. The minimum Gasteiger partial charge on any atom is -0.353 e. The summed E-state index contributed by atoms with van der Waals surface area (Å²) in [6.07, 6.45) is 2.11. The average molecular weight is 423 g/mol. The molecule has 0 saturated carbocycles. The Labute approximate surface area is 159 Å². The van der Waals surface area contributed by atoms with Gasteiger partial charge in [0.15, 0.2) is 0 Å². The molecule has 1 fully saturated rings. The van der Waals surface area contributed by atoms with Crippen LogP contribution in [0.5, 0.6) is 0 Å². The van der Waals surface area contributed by atoms with Crippen LogP contribution < -0.4 is 10.2 Å². The van der Waals surface area contributed by atoms with Crippen LogP contribution in [0.4, 0.5) is 5.82 Å². The van der Waals surface area contributed by atoms with Crippen molar-refractivity contribution in [3.05, 3.63) is 45.2 Å². The maximum Gasteiger partial charge on any atom is 0.252 e. The third-order valence-corrected chi connectivity index (χ3v) is 5.23. The van der Waals surface area contributed by atoms with Gasteiger partial charge >= 0.3 is 0 Å². The molecule has 0 bridgehead atoms. The summed E-state index contributed by atoms with van der Waals surface area (Å²) >= 11 is 4.86. The first-order valence-electron chi connectivity index (χ1n) is 8.08. The van der Waals surface area contributed by atoms with Crippen LogP contribution in [-0.2, 0) is 4.79 Å². The number of thiophene rings is 1. The van der Waals surface area contributed by atoms with Gasteiger partial charge in [0.05, 0.1) is 0 Å². The first-order chi connectivity index (χ1) is 12.1. The number of hydrogen-bond acceptors (Lipinski definition) is 5. The van der Waals surface area contributed by atoms with Crippen molar-refractivity contribution < 1.29 is 9.59 Å². The summed E-state index contributed by atoms with van der Waals surface area (Å²) in [6, 6.07) is 5.72. The van der Waals surface area contributed by atoms with Crippen LogP contribution in [0, 0.1) is 0 Å². The molecular formula is C17H19BrN4O2S. The van der Waals surface area contributed by atoms with E-state index in [1.165, 1.54) is 11.3 Å². The number of rotatable bonds is 5. The molecule has 3 rings (SSSR count). The molecule has 0 aromatic carbocycles. The summed E-state index contributed by atoms with van der Waals surface area (Å²) in [7, 11) is 0. The molecule has 8 heteroatoms. The number of carbonyl (C=O) groups excluding carboxylic acids is 2. The summed E-state index contributed by atoms with van der Waals surface area (Å²) in [4.78, 5) is 32.6. The highest BCUT2D eigenvalue weighted by Gasteiger charge is 2.21. The Morgan fingerprint density at radius 1 is 1.20 bits per heavy atom. The van der Waals surface area contributed by atoms with E-state index >= 15 is 0 Å². The van der Waals surface area contributed by atoms with Crippen molar-refractivity contribution in [1.29, 1.82) is 0 Å². The van der Waals surface area contributed by atoms with Crippen molar-refractivity contribution in [1.82, 2.24) is 15.2 Å². The van der Waals surface area contributed by atoms with E-state index < -0.39 is 0 Å². The van der Waals surface area contributed by atoms with E-state index in [0.29, 0.717) is 31.6 Å². The van der Waals surface area contributed by atoms with Crippen molar-refractivity contribution in [3.63, 3.8) is 0 Å². The van der Waals surface area contributed by atoms with E-state index in [-0.39, 0.29) is 11.8 Å². The summed E-state index contributed by atoms with van der Waals surface area (Å²) in [6.45, 7) is 3.25. The molecule has 2 aromatic rings. The molecule has 1 aliphatic heterocycles. The number of pyridine rings is 1. The molecule has 6 nitrogen and oxygen atoms in total. The lowest BCUT2D eigenvalue weighted by Crippen LogP contribution is -2.49. The van der Waals surface area contributed by atoms with E-state index in [1.807, 2.05) is 22.4 Å². The Morgan fingerprint density at radius 3 is 2.64 bits per heavy atom. The van der Waals surface area contributed by atoms with Crippen molar-refractivity contribution in [3.8, 4) is 0 Å². The van der Waals surface area contributed by atoms with Crippen LogP contribution in [0.2, 0.25) is 0 Å². The Balaban J connectivity index is 1.41. The van der Waals surface area contributed by atoms with Crippen LogP contribution >= 0.6 is 27.3 Å². The molecule has 132 valence electrons. The largest absolute Gasteiger partial charge is 0.353 e. The zero-order valence-corrected chi connectivity index (χ0v) is 16.1. The van der Waals surface area contributed by atoms with Gasteiger partial charge in [-0.3, -0.25) is 9.59 Å². The second-order valence-corrected chi connectivity index (χ2v) is 7.42. The number of anilines is 1. The van der Waals surface area contributed by atoms with E-state index in [0.717, 1.165) is 23.4 Å². The van der Waals surface area contributed by atoms with Crippen LogP contribution in [-0.4, -0.2) is 54.4 Å². The molecule has 1 aliphatic rings. The molecule has 0 spiro atoms. The van der Waals surface area contributed by atoms with E-state index in [4.69, 9.17) is 0 Å². The van der Waals surface area contributed by atoms with Crippen molar-refractivity contribution in [2.45, 2.75) is 6.42 Å². The van der Waals surface area contributed by atoms with Crippen molar-refractivity contribution >= 4 is 44.9 Å². The molecule has 25 heavy (non-hydrogen) atoms. The monoisotopic (exact) mass is 422 g/mol. The second kappa shape index (κ2) is 8.44. The summed E-state index contributed by atoms with van der Waals surface area (Å²) < 4.78 is 0.953. The van der Waals surface area contributed by atoms with Gasteiger partial charge in [0, 0.05) is 60.8 Å². The highest BCUT2D eigenvalue weighted by atomic mass is 79.9. The van der Waals surface area contributed by atoms with Crippen molar-refractivity contribution in [2.24, 2.45) is 0 Å². The topological polar surface area (TPSA) is 65.5 Å². The van der Waals surface area contributed by atoms with E-state index in [1.54, 1.807) is 17.6 Å². The van der Waals surface area contributed by atoms with Crippen LogP contribution in [0.3, 0.4) is 0 Å². The van der Waals surface area contributed by atoms with E-state index in [9.17, 15) is 9.59 Å². The normalized spacial score (nSPS) is 14.4. The van der Waals surface area contributed by atoms with Crippen molar-refractivity contribution in [2.75, 3.05) is 37.6 Å². The fourth-order valence-electron chi connectivity index (χ4n) is 2.68. The summed E-state index contributed by atoms with van der Waals surface area (Å²) in [5.41, 5.74) is 0.646. The van der Waals surface area contributed by atoms with Crippen LogP contribution in [0.1, 0.15) is 16.8 Å². The average Bonchev–Trinajstić information content (AvgIpc) is 3.17. The first-order valence-corrected chi connectivity index (χ1v) is 9.82. The first kappa shape index (κ1) is 17.9. The van der Waals surface area contributed by atoms with Gasteiger partial charge in [0.25, 0.3) is 5.91 Å². The highest BCUT2D eigenvalue weighted by molar-refractivity contribution is 9.10. The number of carbonyl (C=O) groups is 2. The molecule has 0 unspecified atom stereocenters. The van der Waals surface area contributed by atoms with Gasteiger partial charge in [0.2, 0.25) is 5.91 Å². The van der Waals surface area contributed by atoms with Crippen LogP contribution in [0.15, 0.2) is 39.6 Å². The van der Waals surface area contributed by atoms with Gasteiger partial charge in [-0.25, -0.2) is 4.98 Å². The Kier molecular flexibility index (Phi) is 6.04. The van der Waals surface area contributed by atoms with Gasteiger partial charge < -0.3 is 15.1 Å². The molecular weight excluding hydrogens is 404 g/mol. The fourth-order valence-corrected chi connectivity index (χ4v) is 3.55. The quantitative estimate of drug-likeness (QED) is 0.802. The third kappa shape index (κ3) is 4.79. The number of aromatic nitrogens is 1. The molecule has 0 radical (unpaired) electrons. The van der Waals surface area contributed by atoms with Gasteiger partial charge in [-0.1, -0.05) is 0 Å². The van der Waals surface area contributed by atoms with Crippen LogP contribution in [0.25, 0.3) is 0 Å². The Hall–Kier alpha value is -1.93. The third-order valence-electron chi connectivity index (χ3n) is 4.08. The van der Waals surface area contributed by atoms with Gasteiger partial charge in [0.1, 0.15) is 5.82 Å². The minimum absolute atomic E-state index is 0.0778. The minimum atomic E-state index is -0.125. The smallest absolute Gasteiger partial charge is 0.252 e. The SMILES string of the molecule is O=C(NCCC(=O)N1CCN(c2ccc(Br)cn2)CC1)c1ccsc1. The molecule has 3 heterocycles. The highest BCUT2D eigenvalue weighted by Crippen LogP contribution is 2.16. The standard InChI is InChI=1S/C17H19BrN4O2S/c18-14-1-2-15(20-11-14)21-6-8-22(9-7-21)16(23)3-5-19-17(24)13-4-10-25-12-13/h1-2,4,10-12H,3,5-9H2,(H,19,24). The number of hydrogen-bond donors (Lipinski definition) is 1. The van der Waals surface area contributed by atoms with Gasteiger partial charge in [-0.2, -0.15) is 11.3 Å². The summed E-state index contributed by atoms with van der Waals surface area (Å²) in [5, 5.41) is 6.45. The van der Waals surface area contributed by atoms with E-state index in [2.05, 4.69) is 31.1 Å². The number of halogens is 1. The number of amides is 2. The summed E-state index contributed by atoms with van der Waals surface area (Å²) in [5.74, 6) is 0.882. The molecule has 2 aromatic heterocycles. The number of nitrogens with zero attached hydrogens (tertiary/aromatic N) is 3. The Bertz CT molecular complexity index is 713. The fraction of sp³-hybridized carbons (Fsp3) is 0.353. The number of nitrogens with one attached hydrogen (secondary N) is 1. The molecule has 0 aliphatic carbocycles. The number of piperazine rings is 1. The molecule has 1 saturated heterocycles. The molecule has 0 atom stereocenters. The lowest BCUT2D eigenvalue weighted by atomic mass is 10.2. The lowest BCUT2D eigenvalue weighted by molar-refractivity contribution is -0.131. The molecule has 2 amide bonds. The predicted octanol–water partition coefficient (Wildman–Crippen LogP) is 2.37.